The third-order valence-corrected chi connectivity index (χ3v) is 4.83. The van der Waals surface area contributed by atoms with E-state index in [0.29, 0.717) is 12.2 Å². The Balaban J connectivity index is 2.43. The number of fused-ring (bicyclic) bond motifs is 1. The zero-order valence-electron chi connectivity index (χ0n) is 11.3. The monoisotopic (exact) mass is 261 g/mol. The van der Waals surface area contributed by atoms with Crippen LogP contribution in [0.3, 0.4) is 0 Å². The Bertz CT molecular complexity index is 581. The van der Waals surface area contributed by atoms with Gasteiger partial charge in [0.1, 0.15) is 0 Å². The first-order valence-electron chi connectivity index (χ1n) is 6.22. The fourth-order valence-corrected chi connectivity index (χ4v) is 2.98. The van der Waals surface area contributed by atoms with Gasteiger partial charge in [-0.3, -0.25) is 0 Å². The van der Waals surface area contributed by atoms with Gasteiger partial charge in [0.05, 0.1) is 20.2 Å². The molecule has 0 amide bonds. The third kappa shape index (κ3) is 2.48. The second-order valence-electron chi connectivity index (χ2n) is 5.46. The predicted molar refractivity (Wildman–Crippen MR) is 77.2 cm³/mol. The molecule has 1 heterocycles. The largest absolute Gasteiger partial charge is 0.462 e. The minimum absolute atomic E-state index is 0.254. The lowest BCUT2D eigenvalue weighted by Crippen LogP contribution is -2.38. The van der Waals surface area contributed by atoms with Crippen LogP contribution in [0.2, 0.25) is 19.6 Å². The van der Waals surface area contributed by atoms with Crippen LogP contribution in [-0.2, 0) is 4.74 Å². The number of benzene rings is 1. The lowest BCUT2D eigenvalue weighted by Gasteiger charge is -2.12. The molecule has 2 rings (SSSR count). The number of H-pyrrole nitrogens is 1. The summed E-state index contributed by atoms with van der Waals surface area (Å²) in [5.74, 6) is -0.254. The molecule has 1 aromatic heterocycles. The number of rotatable bonds is 3. The van der Waals surface area contributed by atoms with Crippen LogP contribution in [0.15, 0.2) is 24.3 Å². The first-order valence-corrected chi connectivity index (χ1v) is 9.72. The highest BCUT2D eigenvalue weighted by Crippen LogP contribution is 2.16. The van der Waals surface area contributed by atoms with E-state index in [2.05, 4.69) is 30.7 Å². The molecule has 96 valence electrons. The van der Waals surface area contributed by atoms with Crippen molar-refractivity contribution >= 4 is 30.3 Å². The van der Waals surface area contributed by atoms with Gasteiger partial charge in [-0.05, 0) is 36.5 Å². The van der Waals surface area contributed by atoms with Gasteiger partial charge in [-0.25, -0.2) is 4.79 Å². The van der Waals surface area contributed by atoms with Crippen molar-refractivity contribution in [2.45, 2.75) is 26.6 Å². The minimum Gasteiger partial charge on any atom is -0.462 e. The summed E-state index contributed by atoms with van der Waals surface area (Å²) in [6.07, 6.45) is 0. The molecule has 0 saturated carbocycles. The lowest BCUT2D eigenvalue weighted by atomic mass is 10.1. The SMILES string of the molecule is CCOC(=O)c1ccc2[nH]c([Si](C)(C)C)cc2c1. The molecule has 4 heteroatoms. The van der Waals surface area contributed by atoms with E-state index in [-0.39, 0.29) is 5.97 Å². The van der Waals surface area contributed by atoms with Crippen molar-refractivity contribution in [1.82, 2.24) is 4.98 Å². The molecular formula is C14H19NO2Si. The number of aromatic nitrogens is 1. The summed E-state index contributed by atoms with van der Waals surface area (Å²) in [6.45, 7) is 9.11. The maximum Gasteiger partial charge on any atom is 0.338 e. The summed E-state index contributed by atoms with van der Waals surface area (Å²) in [5.41, 5.74) is 1.70. The number of carbonyl (C=O) groups excluding carboxylic acids is 1. The van der Waals surface area contributed by atoms with E-state index in [9.17, 15) is 4.79 Å². The van der Waals surface area contributed by atoms with Crippen LogP contribution < -0.4 is 5.32 Å². The van der Waals surface area contributed by atoms with Crippen LogP contribution in [0.25, 0.3) is 10.9 Å². The van der Waals surface area contributed by atoms with Crippen molar-refractivity contribution in [1.29, 1.82) is 0 Å². The maximum absolute atomic E-state index is 11.7. The van der Waals surface area contributed by atoms with Crippen LogP contribution in [0.1, 0.15) is 17.3 Å². The fourth-order valence-electron chi connectivity index (χ4n) is 1.88. The van der Waals surface area contributed by atoms with E-state index in [1.165, 1.54) is 5.32 Å². The summed E-state index contributed by atoms with van der Waals surface area (Å²) < 4.78 is 5.01. The molecule has 0 saturated heterocycles. The van der Waals surface area contributed by atoms with Crippen LogP contribution in [0.4, 0.5) is 0 Å². The van der Waals surface area contributed by atoms with Gasteiger partial charge in [0.25, 0.3) is 0 Å². The molecular weight excluding hydrogens is 242 g/mol. The van der Waals surface area contributed by atoms with Crippen LogP contribution in [0.5, 0.6) is 0 Å². The number of nitrogens with one attached hydrogen (secondary N) is 1. The van der Waals surface area contributed by atoms with Gasteiger partial charge in [-0.1, -0.05) is 19.6 Å². The number of ether oxygens (including phenoxy) is 1. The van der Waals surface area contributed by atoms with Gasteiger partial charge < -0.3 is 9.72 Å². The molecule has 3 nitrogen and oxygen atoms in total. The first kappa shape index (κ1) is 12.9. The molecule has 0 unspecified atom stereocenters. The molecule has 0 fully saturated rings. The number of hydrogen-bond donors (Lipinski definition) is 1. The standard InChI is InChI=1S/C14H19NO2Si/c1-5-17-14(16)10-6-7-12-11(8-10)9-13(15-12)18(2,3)4/h6-9,15H,5H2,1-4H3. The molecule has 0 spiro atoms. The Morgan fingerprint density at radius 3 is 2.61 bits per heavy atom. The molecule has 0 bridgehead atoms. The average Bonchev–Trinajstić information content (AvgIpc) is 2.71. The van der Waals surface area contributed by atoms with Gasteiger partial charge in [0.2, 0.25) is 0 Å². The number of carbonyl (C=O) groups is 1. The Labute approximate surface area is 108 Å². The smallest absolute Gasteiger partial charge is 0.338 e. The molecule has 18 heavy (non-hydrogen) atoms. The van der Waals surface area contributed by atoms with Gasteiger partial charge in [-0.2, -0.15) is 0 Å². The summed E-state index contributed by atoms with van der Waals surface area (Å²) >= 11 is 0. The highest BCUT2D eigenvalue weighted by Gasteiger charge is 2.19. The van der Waals surface area contributed by atoms with Gasteiger partial charge in [0.15, 0.2) is 0 Å². The molecule has 1 aromatic carbocycles. The van der Waals surface area contributed by atoms with E-state index in [1.807, 2.05) is 25.1 Å². The van der Waals surface area contributed by atoms with E-state index in [4.69, 9.17) is 4.74 Å². The second-order valence-corrected chi connectivity index (χ2v) is 10.5. The second kappa shape index (κ2) is 4.61. The zero-order chi connectivity index (χ0) is 13.3. The molecule has 0 atom stereocenters. The van der Waals surface area contributed by atoms with Crippen molar-refractivity contribution in [2.75, 3.05) is 6.61 Å². The third-order valence-electron chi connectivity index (χ3n) is 2.94. The van der Waals surface area contributed by atoms with Crippen molar-refractivity contribution in [3.63, 3.8) is 0 Å². The number of aromatic amines is 1. The maximum atomic E-state index is 11.7. The highest BCUT2D eigenvalue weighted by molar-refractivity contribution is 6.88. The minimum atomic E-state index is -1.35. The first-order chi connectivity index (χ1) is 8.41. The van der Waals surface area contributed by atoms with E-state index >= 15 is 0 Å². The molecule has 0 aliphatic rings. The molecule has 1 N–H and O–H groups in total. The van der Waals surface area contributed by atoms with Gasteiger partial charge >= 0.3 is 5.97 Å². The van der Waals surface area contributed by atoms with Crippen LogP contribution in [0, 0.1) is 0 Å². The lowest BCUT2D eigenvalue weighted by molar-refractivity contribution is 0.0526. The topological polar surface area (TPSA) is 42.1 Å². The van der Waals surface area contributed by atoms with Gasteiger partial charge in [0, 0.05) is 10.9 Å². The van der Waals surface area contributed by atoms with E-state index in [0.717, 1.165) is 10.9 Å². The molecule has 2 aromatic rings. The van der Waals surface area contributed by atoms with E-state index < -0.39 is 8.07 Å². The zero-order valence-corrected chi connectivity index (χ0v) is 12.3. The number of esters is 1. The highest BCUT2D eigenvalue weighted by atomic mass is 28.3. The fraction of sp³-hybridized carbons (Fsp3) is 0.357. The quantitative estimate of drug-likeness (QED) is 0.682. The summed E-state index contributed by atoms with van der Waals surface area (Å²) in [6, 6.07) is 7.81. The van der Waals surface area contributed by atoms with Crippen molar-refractivity contribution in [2.24, 2.45) is 0 Å². The predicted octanol–water partition coefficient (Wildman–Crippen LogP) is 2.89. The van der Waals surface area contributed by atoms with Crippen molar-refractivity contribution in [3.8, 4) is 0 Å². The van der Waals surface area contributed by atoms with Crippen LogP contribution in [-0.4, -0.2) is 25.6 Å². The Morgan fingerprint density at radius 2 is 2.00 bits per heavy atom. The Kier molecular flexibility index (Phi) is 3.30. The summed E-state index contributed by atoms with van der Waals surface area (Å²) in [4.78, 5) is 15.1. The summed E-state index contributed by atoms with van der Waals surface area (Å²) in [5, 5.41) is 2.39. The van der Waals surface area contributed by atoms with Crippen LogP contribution >= 0.6 is 0 Å². The molecule has 0 aliphatic carbocycles. The van der Waals surface area contributed by atoms with Crippen molar-refractivity contribution in [3.05, 3.63) is 29.8 Å². The van der Waals surface area contributed by atoms with E-state index in [1.54, 1.807) is 0 Å². The summed E-state index contributed by atoms with van der Waals surface area (Å²) in [7, 11) is -1.35. The Hall–Kier alpha value is -1.55. The molecule has 0 radical (unpaired) electrons. The average molecular weight is 261 g/mol. The molecule has 0 aliphatic heterocycles. The Morgan fingerprint density at radius 1 is 1.28 bits per heavy atom. The number of hydrogen-bond acceptors (Lipinski definition) is 2. The van der Waals surface area contributed by atoms with Crippen molar-refractivity contribution < 1.29 is 9.53 Å². The normalized spacial score (nSPS) is 11.8. The van der Waals surface area contributed by atoms with Gasteiger partial charge in [-0.15, -0.1) is 0 Å².